The molecule has 0 amide bonds. The molecule has 1 fully saturated rings. The van der Waals surface area contributed by atoms with E-state index in [1.807, 2.05) is 30.3 Å². The molecule has 0 N–H and O–H groups in total. The van der Waals surface area contributed by atoms with Gasteiger partial charge < -0.3 is 14.2 Å². The van der Waals surface area contributed by atoms with Gasteiger partial charge in [0.1, 0.15) is 5.82 Å². The van der Waals surface area contributed by atoms with Crippen LogP contribution in [0.15, 0.2) is 54.6 Å². The van der Waals surface area contributed by atoms with Gasteiger partial charge in [-0.05, 0) is 37.1 Å². The number of benzene rings is 2. The minimum Gasteiger partial charge on any atom is -0.432 e. The maximum atomic E-state index is 13.4. The quantitative estimate of drug-likeness (QED) is 0.732. The molecule has 1 aliphatic rings. The second-order valence-electron chi connectivity index (χ2n) is 6.73. The topological polar surface area (TPSA) is 48.0 Å². The number of nitrogens with zero attached hydrogens (tertiary/aromatic N) is 1. The van der Waals surface area contributed by atoms with E-state index in [0.29, 0.717) is 19.7 Å². The lowest BCUT2D eigenvalue weighted by molar-refractivity contribution is -0.195. The van der Waals surface area contributed by atoms with E-state index in [-0.39, 0.29) is 18.0 Å². The maximum absolute atomic E-state index is 13.4. The Balaban J connectivity index is 1.84. The van der Waals surface area contributed by atoms with Crippen molar-refractivity contribution >= 4 is 6.16 Å². The number of halogens is 1. The van der Waals surface area contributed by atoms with Gasteiger partial charge in [0.25, 0.3) is 0 Å². The predicted octanol–water partition coefficient (Wildman–Crippen LogP) is 4.29. The van der Waals surface area contributed by atoms with Crippen LogP contribution >= 0.6 is 0 Å². The number of rotatable bonds is 5. The first-order chi connectivity index (χ1) is 13.0. The highest BCUT2D eigenvalue weighted by molar-refractivity contribution is 5.60. The third kappa shape index (κ3) is 5.28. The predicted molar refractivity (Wildman–Crippen MR) is 98.4 cm³/mol. The van der Waals surface area contributed by atoms with Gasteiger partial charge in [-0.25, -0.2) is 9.18 Å². The van der Waals surface area contributed by atoms with Gasteiger partial charge >= 0.3 is 6.16 Å². The van der Waals surface area contributed by atoms with E-state index < -0.39 is 12.4 Å². The third-order valence-electron chi connectivity index (χ3n) is 4.30. The van der Waals surface area contributed by atoms with Crippen molar-refractivity contribution in [3.8, 4) is 0 Å². The average Bonchev–Trinajstić information content (AvgIpc) is 2.63. The molecule has 6 heteroatoms. The molecule has 1 aliphatic heterocycles. The van der Waals surface area contributed by atoms with Crippen LogP contribution in [-0.2, 0) is 20.8 Å². The van der Waals surface area contributed by atoms with Gasteiger partial charge in [0, 0.05) is 13.1 Å². The minimum absolute atomic E-state index is 0.286. The second kappa shape index (κ2) is 8.97. The molecule has 5 nitrogen and oxygen atoms in total. The number of carbonyl (C=O) groups excluding carboxylic acids is 1. The highest BCUT2D eigenvalue weighted by atomic mass is 19.1. The van der Waals surface area contributed by atoms with E-state index in [9.17, 15) is 9.18 Å². The summed E-state index contributed by atoms with van der Waals surface area (Å²) < 4.78 is 29.7. The molecule has 1 heterocycles. The molecule has 0 spiro atoms. The van der Waals surface area contributed by atoms with Crippen molar-refractivity contribution < 1.29 is 23.4 Å². The van der Waals surface area contributed by atoms with Gasteiger partial charge in [-0.2, -0.15) is 0 Å². The summed E-state index contributed by atoms with van der Waals surface area (Å²) in [7, 11) is 0. The van der Waals surface area contributed by atoms with Gasteiger partial charge in [0.2, 0.25) is 6.29 Å². The fraction of sp³-hybridized carbons (Fsp3) is 0.381. The van der Waals surface area contributed by atoms with Crippen molar-refractivity contribution in [2.24, 2.45) is 0 Å². The van der Waals surface area contributed by atoms with Crippen molar-refractivity contribution in [1.29, 1.82) is 0 Å². The molecule has 1 saturated heterocycles. The Morgan fingerprint density at radius 3 is 2.56 bits per heavy atom. The lowest BCUT2D eigenvalue weighted by atomic mass is 10.0. The van der Waals surface area contributed by atoms with Crippen LogP contribution in [0.5, 0.6) is 0 Å². The van der Waals surface area contributed by atoms with E-state index in [1.165, 1.54) is 12.1 Å². The molecular weight excluding hydrogens is 349 g/mol. The molecule has 0 saturated carbocycles. The monoisotopic (exact) mass is 373 g/mol. The summed E-state index contributed by atoms with van der Waals surface area (Å²) in [5, 5.41) is 0. The Hall–Kier alpha value is -2.44. The van der Waals surface area contributed by atoms with Crippen LogP contribution in [0.2, 0.25) is 0 Å². The molecule has 2 aromatic carbocycles. The molecule has 0 bridgehead atoms. The van der Waals surface area contributed by atoms with E-state index in [4.69, 9.17) is 14.2 Å². The second-order valence-corrected chi connectivity index (χ2v) is 6.73. The van der Waals surface area contributed by atoms with Crippen molar-refractivity contribution in [2.75, 3.05) is 13.2 Å². The van der Waals surface area contributed by atoms with Crippen molar-refractivity contribution in [1.82, 2.24) is 4.90 Å². The van der Waals surface area contributed by atoms with Gasteiger partial charge in [-0.1, -0.05) is 42.5 Å². The summed E-state index contributed by atoms with van der Waals surface area (Å²) in [6.45, 7) is 5.25. The summed E-state index contributed by atoms with van der Waals surface area (Å²) in [6, 6.07) is 15.8. The molecule has 0 unspecified atom stereocenters. The van der Waals surface area contributed by atoms with Crippen LogP contribution in [0.4, 0.5) is 9.18 Å². The van der Waals surface area contributed by atoms with Gasteiger partial charge in [-0.15, -0.1) is 0 Å². The highest BCUT2D eigenvalue weighted by Gasteiger charge is 2.37. The van der Waals surface area contributed by atoms with Crippen molar-refractivity contribution in [3.05, 3.63) is 71.5 Å². The molecule has 0 radical (unpaired) electrons. The van der Waals surface area contributed by atoms with E-state index >= 15 is 0 Å². The van der Waals surface area contributed by atoms with E-state index in [1.54, 1.807) is 26.0 Å². The zero-order valence-corrected chi connectivity index (χ0v) is 15.5. The zero-order valence-electron chi connectivity index (χ0n) is 15.5. The number of hydrogen-bond acceptors (Lipinski definition) is 5. The molecule has 27 heavy (non-hydrogen) atoms. The summed E-state index contributed by atoms with van der Waals surface area (Å²) in [6.07, 6.45) is -1.89. The zero-order chi connectivity index (χ0) is 19.2. The van der Waals surface area contributed by atoms with Crippen LogP contribution in [0.1, 0.15) is 31.0 Å². The van der Waals surface area contributed by atoms with Crippen LogP contribution in [-0.4, -0.2) is 36.6 Å². The molecule has 144 valence electrons. The smallest absolute Gasteiger partial charge is 0.432 e. The highest BCUT2D eigenvalue weighted by Crippen LogP contribution is 2.32. The summed E-state index contributed by atoms with van der Waals surface area (Å²) in [5.41, 5.74) is 1.95. The number of carbonyl (C=O) groups is 1. The summed E-state index contributed by atoms with van der Waals surface area (Å²) >= 11 is 0. The maximum Gasteiger partial charge on any atom is 0.510 e. The van der Waals surface area contributed by atoms with Crippen LogP contribution in [0, 0.1) is 5.82 Å². The first kappa shape index (κ1) is 19.3. The standard InChI is InChI=1S/C21H24FNO4/c1-15(2)26-21(24)27-20-19(17-8-10-18(22)11-9-17)23(12-13-25-20)14-16-6-4-3-5-7-16/h3-11,15,19-20H,12-14H2,1-2H3/t19-,20-/m0/s1. The summed E-state index contributed by atoms with van der Waals surface area (Å²) in [5.74, 6) is -0.318. The molecule has 3 rings (SSSR count). The van der Waals surface area contributed by atoms with Crippen LogP contribution < -0.4 is 0 Å². The summed E-state index contributed by atoms with van der Waals surface area (Å²) in [4.78, 5) is 14.2. The van der Waals surface area contributed by atoms with Gasteiger partial charge in [0.05, 0.1) is 18.8 Å². The fourth-order valence-electron chi connectivity index (χ4n) is 3.13. The van der Waals surface area contributed by atoms with E-state index in [2.05, 4.69) is 4.90 Å². The Bertz CT molecular complexity index is 736. The third-order valence-corrected chi connectivity index (χ3v) is 4.30. The number of morpholine rings is 1. The minimum atomic E-state index is -0.834. The first-order valence-corrected chi connectivity index (χ1v) is 9.05. The van der Waals surface area contributed by atoms with Gasteiger partial charge in [-0.3, -0.25) is 4.90 Å². The molecule has 0 aliphatic carbocycles. The van der Waals surface area contributed by atoms with Crippen molar-refractivity contribution in [2.45, 2.75) is 38.8 Å². The lowest BCUT2D eigenvalue weighted by Gasteiger charge is -2.40. The first-order valence-electron chi connectivity index (χ1n) is 9.05. The molecule has 2 aromatic rings. The Morgan fingerprint density at radius 1 is 1.19 bits per heavy atom. The largest absolute Gasteiger partial charge is 0.510 e. The average molecular weight is 373 g/mol. The molecule has 2 atom stereocenters. The van der Waals surface area contributed by atoms with Crippen LogP contribution in [0.25, 0.3) is 0 Å². The SMILES string of the molecule is CC(C)OC(=O)O[C@@H]1OCCN(Cc2ccccc2)[C@H]1c1ccc(F)cc1. The van der Waals surface area contributed by atoms with Crippen LogP contribution in [0.3, 0.4) is 0 Å². The Morgan fingerprint density at radius 2 is 1.89 bits per heavy atom. The molecular formula is C21H24FNO4. The number of hydrogen-bond donors (Lipinski definition) is 0. The van der Waals surface area contributed by atoms with Gasteiger partial charge in [0.15, 0.2) is 0 Å². The Kier molecular flexibility index (Phi) is 6.42. The van der Waals surface area contributed by atoms with E-state index in [0.717, 1.165) is 11.1 Å². The number of ether oxygens (including phenoxy) is 3. The van der Waals surface area contributed by atoms with Crippen molar-refractivity contribution in [3.63, 3.8) is 0 Å². The lowest BCUT2D eigenvalue weighted by Crippen LogP contribution is -2.46. The normalized spacial score (nSPS) is 20.4. The molecule has 0 aromatic heterocycles. The fourth-order valence-corrected chi connectivity index (χ4v) is 3.13. The Labute approximate surface area is 158 Å².